The van der Waals surface area contributed by atoms with Gasteiger partial charge in [-0.1, -0.05) is 0 Å². The summed E-state index contributed by atoms with van der Waals surface area (Å²) in [7, 11) is 1.50. The molecule has 0 amide bonds. The van der Waals surface area contributed by atoms with Crippen LogP contribution in [0.4, 0.5) is 0 Å². The number of carbonyl (C=O) groups excluding carboxylic acids is 1. The van der Waals surface area contributed by atoms with E-state index in [2.05, 4.69) is 10.2 Å². The van der Waals surface area contributed by atoms with Gasteiger partial charge in [0.15, 0.2) is 0 Å². The average molecular weight is 266 g/mol. The summed E-state index contributed by atoms with van der Waals surface area (Å²) in [6, 6.07) is 0.419. The summed E-state index contributed by atoms with van der Waals surface area (Å²) >= 11 is 0. The number of ether oxygens (including phenoxy) is 1. The van der Waals surface area contributed by atoms with Crippen LogP contribution < -0.4 is 5.32 Å². The molecule has 3 fully saturated rings. The number of nitrogens with zero attached hydrogens (tertiary/aromatic N) is 1. The predicted octanol–water partition coefficient (Wildman–Crippen LogP) is 1.40. The van der Waals surface area contributed by atoms with Gasteiger partial charge >= 0.3 is 5.97 Å². The second-order valence-corrected chi connectivity index (χ2v) is 6.62. The average Bonchev–Trinajstić information content (AvgIpc) is 3.24. The van der Waals surface area contributed by atoms with Crippen LogP contribution in [0.1, 0.15) is 38.5 Å². The van der Waals surface area contributed by atoms with Crippen molar-refractivity contribution >= 4 is 5.97 Å². The monoisotopic (exact) mass is 266 g/mol. The maximum absolute atomic E-state index is 11.9. The molecule has 3 saturated carbocycles. The number of esters is 1. The van der Waals surface area contributed by atoms with E-state index in [1.54, 1.807) is 0 Å². The molecule has 0 aromatic carbocycles. The van der Waals surface area contributed by atoms with Gasteiger partial charge in [0.05, 0.1) is 7.11 Å². The number of nitrogens with one attached hydrogen (secondary N) is 1. The van der Waals surface area contributed by atoms with Crippen molar-refractivity contribution in [3.05, 3.63) is 0 Å². The molecule has 1 N–H and O–H groups in total. The van der Waals surface area contributed by atoms with E-state index >= 15 is 0 Å². The van der Waals surface area contributed by atoms with Gasteiger partial charge < -0.3 is 15.0 Å². The third-order valence-electron chi connectivity index (χ3n) is 4.37. The Balaban J connectivity index is 1.53. The van der Waals surface area contributed by atoms with Gasteiger partial charge in [-0.05, 0) is 50.4 Å². The van der Waals surface area contributed by atoms with Crippen molar-refractivity contribution in [3.63, 3.8) is 0 Å². The fraction of sp³-hybridized carbons (Fsp3) is 0.933. The first-order valence-corrected chi connectivity index (χ1v) is 7.81. The zero-order valence-electron chi connectivity index (χ0n) is 11.9. The topological polar surface area (TPSA) is 41.6 Å². The minimum Gasteiger partial charge on any atom is -0.468 e. The first-order valence-electron chi connectivity index (χ1n) is 7.81. The van der Waals surface area contributed by atoms with E-state index in [1.807, 2.05) is 0 Å². The van der Waals surface area contributed by atoms with Gasteiger partial charge in [0.1, 0.15) is 6.04 Å². The minimum atomic E-state index is -0.130. The first kappa shape index (κ1) is 13.4. The standard InChI is InChI=1S/C15H26N2O2/c1-19-15(18)14(16-13-6-7-13)10-17(8-11-2-3-11)9-12-4-5-12/h11-14,16H,2-10H2,1H3. The van der Waals surface area contributed by atoms with Crippen molar-refractivity contribution in [2.24, 2.45) is 11.8 Å². The van der Waals surface area contributed by atoms with E-state index in [4.69, 9.17) is 4.74 Å². The van der Waals surface area contributed by atoms with Crippen LogP contribution in [0, 0.1) is 11.8 Å². The molecule has 0 saturated heterocycles. The van der Waals surface area contributed by atoms with Gasteiger partial charge in [0.2, 0.25) is 0 Å². The molecule has 4 nitrogen and oxygen atoms in total. The zero-order chi connectivity index (χ0) is 13.2. The Morgan fingerprint density at radius 3 is 2.16 bits per heavy atom. The summed E-state index contributed by atoms with van der Waals surface area (Å²) in [5.74, 6) is 1.68. The Kier molecular flexibility index (Phi) is 4.08. The lowest BCUT2D eigenvalue weighted by Crippen LogP contribution is -2.48. The molecule has 3 aliphatic rings. The van der Waals surface area contributed by atoms with Crippen LogP contribution in [0.5, 0.6) is 0 Å². The van der Waals surface area contributed by atoms with Crippen LogP contribution in [0.25, 0.3) is 0 Å². The molecule has 0 radical (unpaired) electrons. The van der Waals surface area contributed by atoms with Gasteiger partial charge in [-0.15, -0.1) is 0 Å². The van der Waals surface area contributed by atoms with E-state index in [1.165, 1.54) is 58.7 Å². The number of carbonyl (C=O) groups is 1. The molecule has 0 aliphatic heterocycles. The Hall–Kier alpha value is -0.610. The fourth-order valence-corrected chi connectivity index (χ4v) is 2.69. The van der Waals surface area contributed by atoms with Gasteiger partial charge in [0.25, 0.3) is 0 Å². The molecule has 0 aromatic heterocycles. The normalized spacial score (nSPS) is 24.5. The number of hydrogen-bond acceptors (Lipinski definition) is 4. The van der Waals surface area contributed by atoms with E-state index in [9.17, 15) is 4.79 Å². The van der Waals surface area contributed by atoms with Crippen molar-refractivity contribution in [2.75, 3.05) is 26.7 Å². The van der Waals surface area contributed by atoms with Crippen molar-refractivity contribution in [1.82, 2.24) is 10.2 Å². The van der Waals surface area contributed by atoms with E-state index in [0.717, 1.165) is 18.4 Å². The fourth-order valence-electron chi connectivity index (χ4n) is 2.69. The molecule has 3 rings (SSSR count). The van der Waals surface area contributed by atoms with Gasteiger partial charge in [-0.2, -0.15) is 0 Å². The molecular weight excluding hydrogens is 240 g/mol. The van der Waals surface area contributed by atoms with Gasteiger partial charge in [0, 0.05) is 25.7 Å². The third-order valence-corrected chi connectivity index (χ3v) is 4.37. The maximum Gasteiger partial charge on any atom is 0.324 e. The van der Waals surface area contributed by atoms with Crippen LogP contribution in [0.3, 0.4) is 0 Å². The molecule has 1 unspecified atom stereocenters. The maximum atomic E-state index is 11.9. The van der Waals surface area contributed by atoms with E-state index in [-0.39, 0.29) is 12.0 Å². The quantitative estimate of drug-likeness (QED) is 0.641. The smallest absolute Gasteiger partial charge is 0.324 e. The van der Waals surface area contributed by atoms with E-state index in [0.29, 0.717) is 6.04 Å². The molecule has 3 aliphatic carbocycles. The Morgan fingerprint density at radius 1 is 1.16 bits per heavy atom. The Bertz CT molecular complexity index is 308. The van der Waals surface area contributed by atoms with Crippen LogP contribution in [0.2, 0.25) is 0 Å². The molecule has 4 heteroatoms. The second-order valence-electron chi connectivity index (χ2n) is 6.62. The molecule has 1 atom stereocenters. The summed E-state index contributed by atoms with van der Waals surface area (Å²) in [5.41, 5.74) is 0. The van der Waals surface area contributed by atoms with Crippen LogP contribution >= 0.6 is 0 Å². The lowest BCUT2D eigenvalue weighted by Gasteiger charge is -2.27. The van der Waals surface area contributed by atoms with Crippen LogP contribution in [-0.4, -0.2) is 49.7 Å². The summed E-state index contributed by atoms with van der Waals surface area (Å²) in [5, 5.41) is 3.44. The zero-order valence-corrected chi connectivity index (χ0v) is 11.9. The summed E-state index contributed by atoms with van der Waals surface area (Å²) < 4.78 is 4.96. The minimum absolute atomic E-state index is 0.0940. The van der Waals surface area contributed by atoms with Crippen molar-refractivity contribution < 1.29 is 9.53 Å². The van der Waals surface area contributed by atoms with Crippen LogP contribution in [-0.2, 0) is 9.53 Å². The Labute approximate surface area is 115 Å². The van der Waals surface area contributed by atoms with Crippen molar-refractivity contribution in [3.8, 4) is 0 Å². The molecule has 19 heavy (non-hydrogen) atoms. The van der Waals surface area contributed by atoms with E-state index < -0.39 is 0 Å². The van der Waals surface area contributed by atoms with Gasteiger partial charge in [-0.3, -0.25) is 4.79 Å². The number of rotatable bonds is 9. The highest BCUT2D eigenvalue weighted by Gasteiger charge is 2.34. The molecular formula is C15H26N2O2. The summed E-state index contributed by atoms with van der Waals surface area (Å²) in [6.45, 7) is 3.18. The lowest BCUT2D eigenvalue weighted by atomic mass is 10.2. The molecule has 0 spiro atoms. The van der Waals surface area contributed by atoms with Gasteiger partial charge in [-0.25, -0.2) is 0 Å². The highest BCUT2D eigenvalue weighted by molar-refractivity contribution is 5.76. The Morgan fingerprint density at radius 2 is 1.74 bits per heavy atom. The number of hydrogen-bond donors (Lipinski definition) is 1. The highest BCUT2D eigenvalue weighted by atomic mass is 16.5. The largest absolute Gasteiger partial charge is 0.468 e. The first-order chi connectivity index (χ1) is 9.24. The SMILES string of the molecule is COC(=O)C(CN(CC1CC1)CC1CC1)NC1CC1. The molecule has 0 heterocycles. The lowest BCUT2D eigenvalue weighted by molar-refractivity contribution is -0.143. The molecule has 108 valence electrons. The highest BCUT2D eigenvalue weighted by Crippen LogP contribution is 2.33. The van der Waals surface area contributed by atoms with Crippen molar-refractivity contribution in [1.29, 1.82) is 0 Å². The summed E-state index contributed by atoms with van der Waals surface area (Å²) in [6.07, 6.45) is 7.91. The van der Waals surface area contributed by atoms with Crippen molar-refractivity contribution in [2.45, 2.75) is 50.6 Å². The predicted molar refractivity (Wildman–Crippen MR) is 73.8 cm³/mol. The number of methoxy groups -OCH3 is 1. The molecule has 0 aromatic rings. The second kappa shape index (κ2) is 5.80. The van der Waals surface area contributed by atoms with Crippen LogP contribution in [0.15, 0.2) is 0 Å². The third kappa shape index (κ3) is 4.46. The summed E-state index contributed by atoms with van der Waals surface area (Å²) in [4.78, 5) is 14.4. The molecule has 0 bridgehead atoms.